The highest BCUT2D eigenvalue weighted by Crippen LogP contribution is 2.32. The van der Waals surface area contributed by atoms with Crippen molar-refractivity contribution in [1.29, 1.82) is 0 Å². The van der Waals surface area contributed by atoms with Gasteiger partial charge in [0, 0.05) is 19.5 Å². The van der Waals surface area contributed by atoms with E-state index in [1.165, 1.54) is 25.7 Å². The molecule has 4 nitrogen and oxygen atoms in total. The maximum atomic E-state index is 12.1. The number of aliphatic carboxylic acids is 1. The minimum Gasteiger partial charge on any atom is -0.481 e. The highest BCUT2D eigenvalue weighted by molar-refractivity contribution is 5.78. The van der Waals surface area contributed by atoms with Gasteiger partial charge in [-0.2, -0.15) is 0 Å². The summed E-state index contributed by atoms with van der Waals surface area (Å²) >= 11 is 0. The van der Waals surface area contributed by atoms with Crippen LogP contribution in [0.5, 0.6) is 0 Å². The number of hydrogen-bond acceptors (Lipinski definition) is 2. The average Bonchev–Trinajstić information content (AvgIpc) is 2.90. The summed E-state index contributed by atoms with van der Waals surface area (Å²) in [7, 11) is 0. The quantitative estimate of drug-likeness (QED) is 0.852. The third-order valence-electron chi connectivity index (χ3n) is 4.98. The van der Waals surface area contributed by atoms with Gasteiger partial charge in [0.2, 0.25) is 5.91 Å². The van der Waals surface area contributed by atoms with Gasteiger partial charge in [-0.15, -0.1) is 0 Å². The van der Waals surface area contributed by atoms with Crippen molar-refractivity contribution in [3.05, 3.63) is 0 Å². The summed E-state index contributed by atoms with van der Waals surface area (Å²) in [5, 5.41) is 9.17. The summed E-state index contributed by atoms with van der Waals surface area (Å²) in [5.41, 5.74) is -0.637. The highest BCUT2D eigenvalue weighted by Gasteiger charge is 2.37. The van der Waals surface area contributed by atoms with Crippen LogP contribution in [0.3, 0.4) is 0 Å². The first-order valence-corrected chi connectivity index (χ1v) is 7.52. The summed E-state index contributed by atoms with van der Waals surface area (Å²) in [6.07, 6.45) is 8.03. The second-order valence-corrected chi connectivity index (χ2v) is 6.44. The lowest BCUT2D eigenvalue weighted by Crippen LogP contribution is -2.45. The Bertz CT molecular complexity index is 339. The Labute approximate surface area is 115 Å². The fourth-order valence-corrected chi connectivity index (χ4v) is 3.25. The van der Waals surface area contributed by atoms with Gasteiger partial charge < -0.3 is 10.0 Å². The summed E-state index contributed by atoms with van der Waals surface area (Å²) in [6.45, 7) is 2.99. The molecule has 0 aromatic rings. The van der Waals surface area contributed by atoms with Gasteiger partial charge in [0.25, 0.3) is 0 Å². The molecule has 2 rings (SSSR count). The topological polar surface area (TPSA) is 57.6 Å². The number of nitrogens with zero attached hydrogens (tertiary/aromatic N) is 1. The third-order valence-corrected chi connectivity index (χ3v) is 4.98. The molecule has 108 valence electrons. The number of carbonyl (C=O) groups is 2. The first kappa shape index (κ1) is 14.4. The number of carboxylic acids is 1. The molecule has 1 aliphatic heterocycles. The zero-order valence-electron chi connectivity index (χ0n) is 11.9. The van der Waals surface area contributed by atoms with Crippen molar-refractivity contribution in [1.82, 2.24) is 4.90 Å². The van der Waals surface area contributed by atoms with Crippen molar-refractivity contribution in [3.8, 4) is 0 Å². The number of likely N-dealkylation sites (tertiary alicyclic amines) is 1. The minimum atomic E-state index is -0.731. The third kappa shape index (κ3) is 3.48. The van der Waals surface area contributed by atoms with E-state index in [0.29, 0.717) is 32.4 Å². The second kappa shape index (κ2) is 5.93. The van der Waals surface area contributed by atoms with Crippen LogP contribution in [-0.2, 0) is 9.59 Å². The Morgan fingerprint density at radius 1 is 1.21 bits per heavy atom. The number of carbonyl (C=O) groups excluding carboxylic acids is 1. The van der Waals surface area contributed by atoms with E-state index in [9.17, 15) is 9.59 Å². The Balaban J connectivity index is 1.74. The van der Waals surface area contributed by atoms with Crippen LogP contribution in [0.1, 0.15) is 58.3 Å². The van der Waals surface area contributed by atoms with Crippen LogP contribution in [-0.4, -0.2) is 35.0 Å². The molecule has 0 unspecified atom stereocenters. The molecule has 0 spiro atoms. The minimum absolute atomic E-state index is 0.222. The average molecular weight is 267 g/mol. The maximum Gasteiger partial charge on any atom is 0.309 e. The Morgan fingerprint density at radius 2 is 1.79 bits per heavy atom. The number of carboxylic acid groups (broad SMARTS) is 1. The molecule has 0 bridgehead atoms. The first-order chi connectivity index (χ1) is 9.01. The van der Waals surface area contributed by atoms with Crippen molar-refractivity contribution in [2.75, 3.05) is 13.1 Å². The molecular weight excluding hydrogens is 242 g/mol. The van der Waals surface area contributed by atoms with Gasteiger partial charge in [-0.25, -0.2) is 0 Å². The van der Waals surface area contributed by atoms with Gasteiger partial charge in [-0.1, -0.05) is 25.7 Å². The van der Waals surface area contributed by atoms with Crippen LogP contribution in [0.2, 0.25) is 0 Å². The van der Waals surface area contributed by atoms with Gasteiger partial charge in [0.15, 0.2) is 0 Å². The van der Waals surface area contributed by atoms with Crippen molar-refractivity contribution < 1.29 is 14.7 Å². The molecular formula is C15H25NO3. The molecule has 1 aliphatic carbocycles. The largest absolute Gasteiger partial charge is 0.481 e. The Hall–Kier alpha value is -1.06. The van der Waals surface area contributed by atoms with Crippen molar-refractivity contribution in [3.63, 3.8) is 0 Å². The van der Waals surface area contributed by atoms with Gasteiger partial charge >= 0.3 is 5.97 Å². The zero-order chi connectivity index (χ0) is 13.9. The molecule has 0 aromatic carbocycles. The molecule has 1 saturated carbocycles. The number of piperidine rings is 1. The van der Waals surface area contributed by atoms with E-state index >= 15 is 0 Å². The van der Waals surface area contributed by atoms with Gasteiger partial charge in [-0.05, 0) is 32.1 Å². The van der Waals surface area contributed by atoms with E-state index in [2.05, 4.69) is 0 Å². The Kier molecular flexibility index (Phi) is 4.48. The van der Waals surface area contributed by atoms with E-state index in [1.807, 2.05) is 4.90 Å². The van der Waals surface area contributed by atoms with Gasteiger partial charge in [-0.3, -0.25) is 9.59 Å². The molecule has 19 heavy (non-hydrogen) atoms. The van der Waals surface area contributed by atoms with Crippen LogP contribution < -0.4 is 0 Å². The molecule has 0 atom stereocenters. The summed E-state index contributed by atoms with van der Waals surface area (Å²) < 4.78 is 0. The number of amides is 1. The van der Waals surface area contributed by atoms with E-state index in [-0.39, 0.29) is 5.91 Å². The molecule has 0 aromatic heterocycles. The molecule has 4 heteroatoms. The molecule has 1 N–H and O–H groups in total. The normalized spacial score (nSPS) is 23.5. The smallest absolute Gasteiger partial charge is 0.309 e. The summed E-state index contributed by atoms with van der Waals surface area (Å²) in [5.74, 6) is 0.239. The van der Waals surface area contributed by atoms with Crippen LogP contribution in [0.4, 0.5) is 0 Å². The zero-order valence-corrected chi connectivity index (χ0v) is 11.9. The molecule has 0 radical (unpaired) electrons. The van der Waals surface area contributed by atoms with Gasteiger partial charge in [0.05, 0.1) is 5.41 Å². The SMILES string of the molecule is CC1(C(=O)O)CCN(C(=O)CCC2CCCC2)CC1. The number of hydrogen-bond donors (Lipinski definition) is 1. The molecule has 1 heterocycles. The molecule has 1 amide bonds. The van der Waals surface area contributed by atoms with Crippen LogP contribution in [0.15, 0.2) is 0 Å². The van der Waals surface area contributed by atoms with Gasteiger partial charge in [0.1, 0.15) is 0 Å². The first-order valence-electron chi connectivity index (χ1n) is 7.52. The van der Waals surface area contributed by atoms with Crippen LogP contribution in [0.25, 0.3) is 0 Å². The highest BCUT2D eigenvalue weighted by atomic mass is 16.4. The fraction of sp³-hybridized carbons (Fsp3) is 0.867. The second-order valence-electron chi connectivity index (χ2n) is 6.44. The maximum absolute atomic E-state index is 12.1. The van der Waals surface area contributed by atoms with Crippen molar-refractivity contribution in [2.24, 2.45) is 11.3 Å². The number of rotatable bonds is 4. The van der Waals surface area contributed by atoms with Crippen LogP contribution >= 0.6 is 0 Å². The van der Waals surface area contributed by atoms with E-state index in [0.717, 1.165) is 12.3 Å². The van der Waals surface area contributed by atoms with Crippen molar-refractivity contribution in [2.45, 2.75) is 58.3 Å². The fourth-order valence-electron chi connectivity index (χ4n) is 3.25. The molecule has 2 fully saturated rings. The van der Waals surface area contributed by atoms with E-state index in [4.69, 9.17) is 5.11 Å². The Morgan fingerprint density at radius 3 is 2.32 bits per heavy atom. The summed E-state index contributed by atoms with van der Waals surface area (Å²) in [4.78, 5) is 25.1. The molecule has 2 aliphatic rings. The lowest BCUT2D eigenvalue weighted by molar-refractivity contribution is -0.153. The van der Waals surface area contributed by atoms with Crippen LogP contribution in [0, 0.1) is 11.3 Å². The lowest BCUT2D eigenvalue weighted by Gasteiger charge is -2.36. The predicted octanol–water partition coefficient (Wildman–Crippen LogP) is 2.67. The standard InChI is InChI=1S/C15H25NO3/c1-15(14(18)19)8-10-16(11-9-15)13(17)7-6-12-4-2-3-5-12/h12H,2-11H2,1H3,(H,18,19). The summed E-state index contributed by atoms with van der Waals surface area (Å²) in [6, 6.07) is 0. The monoisotopic (exact) mass is 267 g/mol. The molecule has 1 saturated heterocycles. The lowest BCUT2D eigenvalue weighted by atomic mass is 9.80. The van der Waals surface area contributed by atoms with E-state index < -0.39 is 11.4 Å². The van der Waals surface area contributed by atoms with Crippen molar-refractivity contribution >= 4 is 11.9 Å². The van der Waals surface area contributed by atoms with E-state index in [1.54, 1.807) is 6.92 Å². The predicted molar refractivity (Wildman–Crippen MR) is 72.7 cm³/mol.